The van der Waals surface area contributed by atoms with Gasteiger partial charge in [-0.05, 0) is 36.4 Å². The Bertz CT molecular complexity index is 643. The molecule has 2 unspecified atom stereocenters. The normalized spacial score (nSPS) is 13.9. The summed E-state index contributed by atoms with van der Waals surface area (Å²) in [4.78, 5) is 0. The number of rotatable bonds is 6. The summed E-state index contributed by atoms with van der Waals surface area (Å²) in [6.07, 6.45) is 1.66. The van der Waals surface area contributed by atoms with E-state index in [2.05, 4.69) is 15.5 Å². The molecule has 114 valence electrons. The first kappa shape index (κ1) is 15.4. The van der Waals surface area contributed by atoms with Crippen LogP contribution in [-0.4, -0.2) is 43.0 Å². The number of aromatic nitrogens is 4. The monoisotopic (exact) mass is 309 g/mol. The summed E-state index contributed by atoms with van der Waals surface area (Å²) in [6, 6.07) is 5.32. The highest BCUT2D eigenvalue weighted by molar-refractivity contribution is 7.84. The lowest BCUT2D eigenvalue weighted by atomic mass is 10.1. The Hall–Kier alpha value is -1.96. The van der Waals surface area contributed by atoms with Crippen molar-refractivity contribution in [3.8, 4) is 17.1 Å². The van der Waals surface area contributed by atoms with Gasteiger partial charge >= 0.3 is 0 Å². The molecule has 2 N–H and O–H groups in total. The molecular weight excluding hydrogens is 290 g/mol. The summed E-state index contributed by atoms with van der Waals surface area (Å²) in [5.74, 6) is 1.74. The highest BCUT2D eigenvalue weighted by Crippen LogP contribution is 2.27. The summed E-state index contributed by atoms with van der Waals surface area (Å²) in [5.41, 5.74) is 7.25. The van der Waals surface area contributed by atoms with Crippen LogP contribution in [0.3, 0.4) is 0 Å². The molecule has 2 aromatic rings. The number of tetrazole rings is 1. The quantitative estimate of drug-likeness (QED) is 0.807. The molecule has 0 bridgehead atoms. The molecule has 2 rings (SSSR count). The average molecular weight is 309 g/mol. The van der Waals surface area contributed by atoms with Crippen LogP contribution in [0.4, 0.5) is 5.69 Å². The lowest BCUT2D eigenvalue weighted by molar-refractivity contribution is 0.340. The third-order valence-corrected chi connectivity index (χ3v) is 3.84. The third kappa shape index (κ3) is 3.78. The number of nitrogens with zero attached hydrogens (tertiary/aromatic N) is 4. The van der Waals surface area contributed by atoms with Crippen molar-refractivity contribution in [2.75, 3.05) is 24.3 Å². The van der Waals surface area contributed by atoms with E-state index in [1.54, 1.807) is 23.1 Å². The van der Waals surface area contributed by atoms with Crippen LogP contribution in [0.15, 0.2) is 18.2 Å². The second-order valence-electron chi connectivity index (χ2n) is 4.76. The zero-order valence-electron chi connectivity index (χ0n) is 12.3. The first-order chi connectivity index (χ1) is 10.0. The summed E-state index contributed by atoms with van der Waals surface area (Å²) in [6.45, 7) is 4.39. The van der Waals surface area contributed by atoms with Crippen molar-refractivity contribution < 1.29 is 8.95 Å². The molecule has 8 heteroatoms. The van der Waals surface area contributed by atoms with E-state index in [0.717, 1.165) is 5.56 Å². The fourth-order valence-corrected chi connectivity index (χ4v) is 2.91. The first-order valence-corrected chi connectivity index (χ1v) is 8.35. The van der Waals surface area contributed by atoms with Gasteiger partial charge < -0.3 is 10.5 Å². The summed E-state index contributed by atoms with van der Waals surface area (Å²) in [7, 11) is -0.923. The number of hydrogen-bond donors (Lipinski definition) is 1. The standard InChI is InChI=1S/C13H19N5O2S/c1-4-20-12-6-10(5-11(14)7-12)13-15-16-17-18(13)9(2)8-21(3)19/h5-7,9H,4,8,14H2,1-3H3. The van der Waals surface area contributed by atoms with Crippen LogP contribution < -0.4 is 10.5 Å². The van der Waals surface area contributed by atoms with Gasteiger partial charge in [-0.3, -0.25) is 4.21 Å². The molecular formula is C13H19N5O2S. The molecule has 1 heterocycles. The second kappa shape index (κ2) is 6.66. The molecule has 0 aliphatic rings. The van der Waals surface area contributed by atoms with Crippen LogP contribution in [-0.2, 0) is 10.8 Å². The Morgan fingerprint density at radius 1 is 1.43 bits per heavy atom. The average Bonchev–Trinajstić information content (AvgIpc) is 2.86. The molecule has 0 saturated carbocycles. The van der Waals surface area contributed by atoms with Crippen molar-refractivity contribution in [2.45, 2.75) is 19.9 Å². The number of nitrogen functional groups attached to an aromatic ring is 1. The first-order valence-electron chi connectivity index (χ1n) is 6.63. The fourth-order valence-electron chi connectivity index (χ4n) is 2.09. The molecule has 0 aliphatic carbocycles. The third-order valence-electron chi connectivity index (χ3n) is 2.88. The van der Waals surface area contributed by atoms with Gasteiger partial charge in [-0.1, -0.05) is 0 Å². The largest absolute Gasteiger partial charge is 0.494 e. The van der Waals surface area contributed by atoms with Gasteiger partial charge in [0.1, 0.15) is 5.75 Å². The Morgan fingerprint density at radius 3 is 2.86 bits per heavy atom. The van der Waals surface area contributed by atoms with E-state index in [4.69, 9.17) is 10.5 Å². The van der Waals surface area contributed by atoms with E-state index in [1.165, 1.54) is 0 Å². The number of nitrogens with two attached hydrogens (primary N) is 1. The van der Waals surface area contributed by atoms with Crippen LogP contribution in [0, 0.1) is 0 Å². The molecule has 0 radical (unpaired) electrons. The minimum atomic E-state index is -0.923. The van der Waals surface area contributed by atoms with Gasteiger partial charge in [0.25, 0.3) is 0 Å². The Balaban J connectivity index is 2.38. The van der Waals surface area contributed by atoms with Gasteiger partial charge in [-0.25, -0.2) is 4.68 Å². The number of benzene rings is 1. The number of ether oxygens (including phenoxy) is 1. The fraction of sp³-hybridized carbons (Fsp3) is 0.462. The molecule has 0 aliphatic heterocycles. The lowest BCUT2D eigenvalue weighted by Gasteiger charge is -2.13. The van der Waals surface area contributed by atoms with Crippen molar-refractivity contribution >= 4 is 16.5 Å². The van der Waals surface area contributed by atoms with Gasteiger partial charge in [0.05, 0.1) is 12.6 Å². The molecule has 21 heavy (non-hydrogen) atoms. The maximum Gasteiger partial charge on any atom is 0.182 e. The molecule has 1 aromatic carbocycles. The summed E-state index contributed by atoms with van der Waals surface area (Å²) >= 11 is 0. The highest BCUT2D eigenvalue weighted by atomic mass is 32.2. The van der Waals surface area contributed by atoms with Crippen LogP contribution in [0.5, 0.6) is 5.75 Å². The van der Waals surface area contributed by atoms with Crippen LogP contribution in [0.25, 0.3) is 11.4 Å². The van der Waals surface area contributed by atoms with Crippen molar-refractivity contribution in [3.63, 3.8) is 0 Å². The van der Waals surface area contributed by atoms with Gasteiger partial charge in [0, 0.05) is 40.1 Å². The highest BCUT2D eigenvalue weighted by Gasteiger charge is 2.16. The lowest BCUT2D eigenvalue weighted by Crippen LogP contribution is -2.15. The molecule has 0 saturated heterocycles. The topological polar surface area (TPSA) is 95.9 Å². The Morgan fingerprint density at radius 2 is 2.19 bits per heavy atom. The molecule has 1 aromatic heterocycles. The SMILES string of the molecule is CCOc1cc(N)cc(-c2nnnn2C(C)CS(C)=O)c1. The Kier molecular flexibility index (Phi) is 4.89. The number of anilines is 1. The van der Waals surface area contributed by atoms with E-state index in [1.807, 2.05) is 19.9 Å². The number of hydrogen-bond acceptors (Lipinski definition) is 6. The van der Waals surface area contributed by atoms with Crippen LogP contribution in [0.2, 0.25) is 0 Å². The summed E-state index contributed by atoms with van der Waals surface area (Å²) < 4.78 is 18.5. The van der Waals surface area contributed by atoms with E-state index in [0.29, 0.717) is 29.6 Å². The molecule has 7 nitrogen and oxygen atoms in total. The second-order valence-corrected chi connectivity index (χ2v) is 6.24. The summed E-state index contributed by atoms with van der Waals surface area (Å²) in [5, 5.41) is 11.8. The molecule has 0 spiro atoms. The molecule has 0 fully saturated rings. The van der Waals surface area contributed by atoms with Gasteiger partial charge in [-0.2, -0.15) is 0 Å². The van der Waals surface area contributed by atoms with Crippen LogP contribution in [0.1, 0.15) is 19.9 Å². The van der Waals surface area contributed by atoms with Crippen molar-refractivity contribution in [1.29, 1.82) is 0 Å². The van der Waals surface area contributed by atoms with E-state index in [9.17, 15) is 4.21 Å². The Labute approximate surface area is 125 Å². The van der Waals surface area contributed by atoms with Gasteiger partial charge in [0.15, 0.2) is 5.82 Å². The molecule has 0 amide bonds. The van der Waals surface area contributed by atoms with E-state index >= 15 is 0 Å². The maximum atomic E-state index is 11.4. The predicted molar refractivity (Wildman–Crippen MR) is 82.5 cm³/mol. The van der Waals surface area contributed by atoms with Crippen LogP contribution >= 0.6 is 0 Å². The van der Waals surface area contributed by atoms with Gasteiger partial charge in [-0.15, -0.1) is 5.10 Å². The zero-order chi connectivity index (χ0) is 15.4. The zero-order valence-corrected chi connectivity index (χ0v) is 13.1. The van der Waals surface area contributed by atoms with Crippen molar-refractivity contribution in [1.82, 2.24) is 20.2 Å². The van der Waals surface area contributed by atoms with E-state index in [-0.39, 0.29) is 6.04 Å². The van der Waals surface area contributed by atoms with Crippen molar-refractivity contribution in [3.05, 3.63) is 18.2 Å². The minimum absolute atomic E-state index is 0.0715. The van der Waals surface area contributed by atoms with E-state index < -0.39 is 10.8 Å². The van der Waals surface area contributed by atoms with Crippen molar-refractivity contribution in [2.24, 2.45) is 0 Å². The smallest absolute Gasteiger partial charge is 0.182 e. The predicted octanol–water partition coefficient (Wildman–Crippen LogP) is 1.26. The maximum absolute atomic E-state index is 11.4. The van der Waals surface area contributed by atoms with Gasteiger partial charge in [0.2, 0.25) is 0 Å². The molecule has 2 atom stereocenters. The minimum Gasteiger partial charge on any atom is -0.494 e.